The van der Waals surface area contributed by atoms with Crippen LogP contribution in [0.15, 0.2) is 36.4 Å². The van der Waals surface area contributed by atoms with Crippen LogP contribution in [0.5, 0.6) is 0 Å². The fraction of sp³-hybridized carbons (Fsp3) is 0.606. The van der Waals surface area contributed by atoms with Gasteiger partial charge in [0.2, 0.25) is 0 Å². The minimum absolute atomic E-state index is 0.0821. The molecule has 12 heteroatoms. The van der Waals surface area contributed by atoms with Crippen LogP contribution in [0.1, 0.15) is 78.8 Å². The first-order chi connectivity index (χ1) is 21.2. The van der Waals surface area contributed by atoms with E-state index in [-0.39, 0.29) is 17.7 Å². The van der Waals surface area contributed by atoms with E-state index in [9.17, 15) is 35.5 Å². The van der Waals surface area contributed by atoms with Crippen molar-refractivity contribution < 1.29 is 35.5 Å². The van der Waals surface area contributed by atoms with E-state index in [1.807, 2.05) is 0 Å². The molecule has 2 aromatic carbocycles. The highest BCUT2D eigenvalue weighted by atomic mass is 19.4. The molecule has 0 saturated carbocycles. The summed E-state index contributed by atoms with van der Waals surface area (Å²) in [4.78, 5) is 21.7. The number of alkyl halides is 6. The second-order valence-electron chi connectivity index (χ2n) is 12.8. The van der Waals surface area contributed by atoms with Gasteiger partial charge in [-0.15, -0.1) is 0 Å². The van der Waals surface area contributed by atoms with Crippen molar-refractivity contribution in [1.82, 2.24) is 19.6 Å². The first kappa shape index (κ1) is 33.5. The van der Waals surface area contributed by atoms with Gasteiger partial charge in [0.25, 0.3) is 0 Å². The zero-order valence-corrected chi connectivity index (χ0v) is 25.7. The van der Waals surface area contributed by atoms with E-state index in [4.69, 9.17) is 0 Å². The molecular weight excluding hydrogens is 601 g/mol. The highest BCUT2D eigenvalue weighted by Crippen LogP contribution is 2.39. The molecule has 3 saturated heterocycles. The van der Waals surface area contributed by atoms with Gasteiger partial charge < -0.3 is 19.6 Å². The first-order valence-corrected chi connectivity index (χ1v) is 15.7. The molecule has 0 bridgehead atoms. The van der Waals surface area contributed by atoms with Gasteiger partial charge in [0.1, 0.15) is 5.82 Å². The van der Waals surface area contributed by atoms with Crippen LogP contribution < -0.4 is 0 Å². The Morgan fingerprint density at radius 2 is 1.38 bits per heavy atom. The van der Waals surface area contributed by atoms with E-state index in [0.717, 1.165) is 49.5 Å². The van der Waals surface area contributed by atoms with E-state index in [2.05, 4.69) is 9.80 Å². The zero-order valence-electron chi connectivity index (χ0n) is 25.7. The van der Waals surface area contributed by atoms with E-state index in [1.54, 1.807) is 17.9 Å². The average Bonchev–Trinajstić information content (AvgIpc) is 3.00. The number of hydrogen-bond donors (Lipinski definition) is 0. The van der Waals surface area contributed by atoms with Crippen molar-refractivity contribution in [1.29, 1.82) is 0 Å². The molecule has 2 amide bonds. The quantitative estimate of drug-likeness (QED) is 0.311. The van der Waals surface area contributed by atoms with Crippen LogP contribution in [0.2, 0.25) is 0 Å². The molecule has 0 aromatic heterocycles. The summed E-state index contributed by atoms with van der Waals surface area (Å²) in [5.74, 6) is -0.400. The van der Waals surface area contributed by atoms with Gasteiger partial charge in [0.15, 0.2) is 0 Å². The maximum Gasteiger partial charge on any atom is 0.416 e. The van der Waals surface area contributed by atoms with E-state index >= 15 is 0 Å². The van der Waals surface area contributed by atoms with Gasteiger partial charge in [-0.25, -0.2) is 9.18 Å². The smallest absolute Gasteiger partial charge is 0.323 e. The summed E-state index contributed by atoms with van der Waals surface area (Å²) in [6.07, 6.45) is -2.72. The van der Waals surface area contributed by atoms with Crippen LogP contribution in [0, 0.1) is 12.7 Å². The summed E-state index contributed by atoms with van der Waals surface area (Å²) >= 11 is 0. The number of benzene rings is 2. The number of carbonyl (C=O) groups is 1. The fourth-order valence-electron chi connectivity index (χ4n) is 7.39. The second kappa shape index (κ2) is 13.5. The third kappa shape index (κ3) is 7.93. The number of halogens is 7. The van der Waals surface area contributed by atoms with Gasteiger partial charge in [0.05, 0.1) is 17.2 Å². The molecule has 2 aromatic rings. The Bertz CT molecular complexity index is 1300. The highest BCUT2D eigenvalue weighted by molar-refractivity contribution is 5.75. The van der Waals surface area contributed by atoms with Gasteiger partial charge in [-0.3, -0.25) is 0 Å². The lowest BCUT2D eigenvalue weighted by Crippen LogP contribution is -2.54. The Balaban J connectivity index is 1.33. The van der Waals surface area contributed by atoms with E-state index in [0.29, 0.717) is 43.1 Å². The minimum Gasteiger partial charge on any atom is -0.323 e. The Morgan fingerprint density at radius 3 is 1.96 bits per heavy atom. The number of hydrogen-bond acceptors (Lipinski definition) is 3. The van der Waals surface area contributed by atoms with Crippen molar-refractivity contribution in [3.05, 3.63) is 70.0 Å². The molecule has 45 heavy (non-hydrogen) atoms. The molecule has 3 aliphatic heterocycles. The van der Waals surface area contributed by atoms with Gasteiger partial charge in [-0.1, -0.05) is 12.5 Å². The van der Waals surface area contributed by atoms with Crippen molar-refractivity contribution in [2.45, 2.75) is 88.9 Å². The molecule has 3 heterocycles. The van der Waals surface area contributed by atoms with Crippen molar-refractivity contribution in [2.75, 3.05) is 39.8 Å². The number of aryl methyl sites for hydroxylation is 1. The predicted molar refractivity (Wildman–Crippen MR) is 157 cm³/mol. The molecule has 2 atom stereocenters. The second-order valence-corrected chi connectivity index (χ2v) is 12.8. The van der Waals surface area contributed by atoms with E-state index < -0.39 is 47.9 Å². The van der Waals surface area contributed by atoms with E-state index in [1.165, 1.54) is 38.4 Å². The van der Waals surface area contributed by atoms with Crippen LogP contribution in [0.25, 0.3) is 0 Å². The Labute approximate surface area is 259 Å². The summed E-state index contributed by atoms with van der Waals surface area (Å²) in [6.45, 7) is 5.91. The van der Waals surface area contributed by atoms with Crippen molar-refractivity contribution in [3.8, 4) is 0 Å². The number of likely N-dealkylation sites (tertiary alicyclic amines) is 3. The zero-order chi connectivity index (χ0) is 32.5. The molecule has 248 valence electrons. The van der Waals surface area contributed by atoms with Crippen LogP contribution >= 0.6 is 0 Å². The summed E-state index contributed by atoms with van der Waals surface area (Å²) in [6, 6.07) is 5.67. The molecule has 5 rings (SSSR count). The standard InChI is InChI=1S/C33H41F7N4O/c1-22-16-26(34)6-7-29(22)30-20-28(43-13-8-27(9-14-43)42-11-4-3-5-12-42)10-15-44(30)31(45)41(2)21-23-17-24(32(35,36)37)19-25(18-23)33(38,39)40/h6-7,16-19,27-28,30H,3-5,8-15,20-21H2,1-2H3/t28-,30+/m1/s1. The monoisotopic (exact) mass is 642 g/mol. The molecule has 0 N–H and O–H groups in total. The normalized spacial score (nSPS) is 22.9. The van der Waals surface area contributed by atoms with Crippen molar-refractivity contribution in [3.63, 3.8) is 0 Å². The number of amides is 2. The lowest BCUT2D eigenvalue weighted by molar-refractivity contribution is -0.143. The Hall–Kier alpha value is -2.86. The molecule has 0 unspecified atom stereocenters. The van der Waals surface area contributed by atoms with Gasteiger partial charge in [-0.2, -0.15) is 26.3 Å². The van der Waals surface area contributed by atoms with Crippen LogP contribution in [0.4, 0.5) is 35.5 Å². The maximum atomic E-state index is 14.1. The van der Waals surface area contributed by atoms with Gasteiger partial charge in [-0.05, 0) is 119 Å². The van der Waals surface area contributed by atoms with Crippen LogP contribution in [0.3, 0.4) is 0 Å². The fourth-order valence-corrected chi connectivity index (χ4v) is 7.39. The molecular formula is C33H41F7N4O. The van der Waals surface area contributed by atoms with Gasteiger partial charge in [0, 0.05) is 32.2 Å². The molecule has 0 aliphatic carbocycles. The van der Waals surface area contributed by atoms with Crippen LogP contribution in [-0.2, 0) is 18.9 Å². The summed E-state index contributed by atoms with van der Waals surface area (Å²) in [5.41, 5.74) is -1.65. The lowest BCUT2D eigenvalue weighted by atomic mass is 9.87. The Morgan fingerprint density at radius 1 is 0.800 bits per heavy atom. The molecule has 3 aliphatic rings. The maximum absolute atomic E-state index is 14.1. The van der Waals surface area contributed by atoms with Gasteiger partial charge >= 0.3 is 18.4 Å². The summed E-state index contributed by atoms with van der Waals surface area (Å²) in [5, 5.41) is 0. The SMILES string of the molecule is Cc1cc(F)ccc1[C@@H]1C[C@H](N2CCC(N3CCCCC3)CC2)CCN1C(=O)N(C)Cc1cc(C(F)(F)F)cc(C(F)(F)F)c1. The van der Waals surface area contributed by atoms with Crippen LogP contribution in [-0.4, -0.2) is 77.5 Å². The van der Waals surface area contributed by atoms with Crippen molar-refractivity contribution >= 4 is 6.03 Å². The molecule has 3 fully saturated rings. The number of nitrogens with zero attached hydrogens (tertiary/aromatic N) is 4. The number of rotatable bonds is 5. The number of piperidine rings is 3. The topological polar surface area (TPSA) is 30.0 Å². The molecule has 0 spiro atoms. The lowest BCUT2D eigenvalue weighted by Gasteiger charge is -2.48. The summed E-state index contributed by atoms with van der Waals surface area (Å²) in [7, 11) is 1.38. The summed E-state index contributed by atoms with van der Waals surface area (Å²) < 4.78 is 94.7. The average molecular weight is 643 g/mol. The third-order valence-electron chi connectivity index (χ3n) is 9.73. The molecule has 5 nitrogen and oxygen atoms in total. The minimum atomic E-state index is -4.98. The molecule has 0 radical (unpaired) electrons. The largest absolute Gasteiger partial charge is 0.416 e. The third-order valence-corrected chi connectivity index (χ3v) is 9.73. The number of urea groups is 1. The highest BCUT2D eigenvalue weighted by Gasteiger charge is 2.40. The Kier molecular flexibility index (Phi) is 10.0. The van der Waals surface area contributed by atoms with Crippen molar-refractivity contribution in [2.24, 2.45) is 0 Å². The first-order valence-electron chi connectivity index (χ1n) is 15.7. The predicted octanol–water partition coefficient (Wildman–Crippen LogP) is 7.88. The number of carbonyl (C=O) groups excluding carboxylic acids is 1.